The molecule has 1 saturated heterocycles. The molecular formula is C23H27ClN4O3. The van der Waals surface area contributed by atoms with Gasteiger partial charge in [0.15, 0.2) is 0 Å². The van der Waals surface area contributed by atoms with Crippen LogP contribution in [0.3, 0.4) is 0 Å². The molecule has 1 fully saturated rings. The van der Waals surface area contributed by atoms with Crippen molar-refractivity contribution in [1.29, 1.82) is 0 Å². The summed E-state index contributed by atoms with van der Waals surface area (Å²) in [5, 5.41) is 12.0. The lowest BCUT2D eigenvalue weighted by molar-refractivity contribution is -0.129. The zero-order valence-electron chi connectivity index (χ0n) is 17.6. The molecular weight excluding hydrogens is 416 g/mol. The lowest BCUT2D eigenvalue weighted by atomic mass is 9.96. The van der Waals surface area contributed by atoms with E-state index >= 15 is 0 Å². The standard InChI is InChI=1S/C23H27ClN4O3/c1-14(22(30)26-13-18-10-19(24)8-9-20(18)28-15(2)29)27-23(31)21-11-17(12-25-21)16-6-4-3-5-7-16/h3-10,14,17,21,25H,11-13H2,1-2H3,(H,26,30)(H,27,31)(H,28,29)/t14-,17-,21+/m0/s1. The molecule has 1 aliphatic heterocycles. The highest BCUT2D eigenvalue weighted by Crippen LogP contribution is 2.25. The van der Waals surface area contributed by atoms with E-state index in [0.717, 1.165) is 6.54 Å². The molecule has 0 bridgehead atoms. The molecule has 0 aliphatic carbocycles. The third-order valence-corrected chi connectivity index (χ3v) is 5.54. The highest BCUT2D eigenvalue weighted by molar-refractivity contribution is 6.30. The van der Waals surface area contributed by atoms with Gasteiger partial charge in [0, 0.05) is 30.7 Å². The number of hydrogen-bond acceptors (Lipinski definition) is 4. The van der Waals surface area contributed by atoms with Gasteiger partial charge in [-0.3, -0.25) is 14.4 Å². The van der Waals surface area contributed by atoms with Gasteiger partial charge >= 0.3 is 0 Å². The normalized spacial score (nSPS) is 18.8. The first-order valence-electron chi connectivity index (χ1n) is 10.3. The zero-order chi connectivity index (χ0) is 22.4. The number of carbonyl (C=O) groups excluding carboxylic acids is 3. The van der Waals surface area contributed by atoms with Gasteiger partial charge in [-0.2, -0.15) is 0 Å². The van der Waals surface area contributed by atoms with Gasteiger partial charge in [0.25, 0.3) is 0 Å². The van der Waals surface area contributed by atoms with Crippen molar-refractivity contribution < 1.29 is 14.4 Å². The van der Waals surface area contributed by atoms with Gasteiger partial charge < -0.3 is 21.3 Å². The van der Waals surface area contributed by atoms with Gasteiger partial charge in [-0.15, -0.1) is 0 Å². The average Bonchev–Trinajstić information content (AvgIpc) is 3.24. The van der Waals surface area contributed by atoms with Crippen molar-refractivity contribution >= 4 is 35.0 Å². The molecule has 7 nitrogen and oxygen atoms in total. The van der Waals surface area contributed by atoms with E-state index in [1.54, 1.807) is 25.1 Å². The molecule has 0 aromatic heterocycles. The van der Waals surface area contributed by atoms with Crippen molar-refractivity contribution in [2.75, 3.05) is 11.9 Å². The molecule has 3 atom stereocenters. The van der Waals surface area contributed by atoms with Gasteiger partial charge in [0.2, 0.25) is 17.7 Å². The van der Waals surface area contributed by atoms with Crippen LogP contribution in [0.2, 0.25) is 5.02 Å². The number of carbonyl (C=O) groups is 3. The topological polar surface area (TPSA) is 99.3 Å². The molecule has 4 N–H and O–H groups in total. The third-order valence-electron chi connectivity index (χ3n) is 5.30. The second-order valence-electron chi connectivity index (χ2n) is 7.73. The van der Waals surface area contributed by atoms with Crippen LogP contribution in [-0.4, -0.2) is 36.3 Å². The molecule has 1 heterocycles. The van der Waals surface area contributed by atoms with Crippen LogP contribution in [-0.2, 0) is 20.9 Å². The largest absolute Gasteiger partial charge is 0.350 e. The van der Waals surface area contributed by atoms with Crippen LogP contribution in [0.4, 0.5) is 5.69 Å². The van der Waals surface area contributed by atoms with Crippen LogP contribution in [0.1, 0.15) is 37.3 Å². The Morgan fingerprint density at radius 3 is 2.61 bits per heavy atom. The predicted molar refractivity (Wildman–Crippen MR) is 121 cm³/mol. The third kappa shape index (κ3) is 6.29. The summed E-state index contributed by atoms with van der Waals surface area (Å²) in [5.41, 5.74) is 2.46. The van der Waals surface area contributed by atoms with Crippen LogP contribution in [0.5, 0.6) is 0 Å². The van der Waals surface area contributed by atoms with E-state index in [1.165, 1.54) is 12.5 Å². The van der Waals surface area contributed by atoms with E-state index in [0.29, 0.717) is 22.7 Å². The molecule has 0 spiro atoms. The number of halogens is 1. The van der Waals surface area contributed by atoms with Crippen molar-refractivity contribution in [2.45, 2.75) is 44.8 Å². The van der Waals surface area contributed by atoms with Crippen molar-refractivity contribution in [2.24, 2.45) is 0 Å². The fourth-order valence-corrected chi connectivity index (χ4v) is 3.84. The summed E-state index contributed by atoms with van der Waals surface area (Å²) in [7, 11) is 0. The summed E-state index contributed by atoms with van der Waals surface area (Å²) in [5.74, 6) is -0.452. The number of rotatable bonds is 7. The first-order valence-corrected chi connectivity index (χ1v) is 10.6. The fourth-order valence-electron chi connectivity index (χ4n) is 3.65. The second-order valence-corrected chi connectivity index (χ2v) is 8.17. The maximum atomic E-state index is 12.6. The maximum Gasteiger partial charge on any atom is 0.242 e. The lowest BCUT2D eigenvalue weighted by Crippen LogP contribution is -2.49. The second kappa shape index (κ2) is 10.4. The minimum atomic E-state index is -0.700. The quantitative estimate of drug-likeness (QED) is 0.529. The number of anilines is 1. The summed E-state index contributed by atoms with van der Waals surface area (Å²) in [6, 6.07) is 14.1. The summed E-state index contributed by atoms with van der Waals surface area (Å²) in [4.78, 5) is 36.5. The smallest absolute Gasteiger partial charge is 0.242 e. The fraction of sp³-hybridized carbons (Fsp3) is 0.348. The van der Waals surface area contributed by atoms with Crippen LogP contribution >= 0.6 is 11.6 Å². The number of hydrogen-bond donors (Lipinski definition) is 4. The van der Waals surface area contributed by atoms with Gasteiger partial charge in [0.05, 0.1) is 6.04 Å². The van der Waals surface area contributed by atoms with E-state index in [1.807, 2.05) is 18.2 Å². The summed E-state index contributed by atoms with van der Waals surface area (Å²) in [6.45, 7) is 3.95. The molecule has 2 aromatic carbocycles. The molecule has 0 radical (unpaired) electrons. The van der Waals surface area contributed by atoms with E-state index < -0.39 is 6.04 Å². The molecule has 8 heteroatoms. The van der Waals surface area contributed by atoms with Crippen molar-refractivity contribution in [3.05, 3.63) is 64.7 Å². The van der Waals surface area contributed by atoms with Crippen LogP contribution < -0.4 is 21.3 Å². The summed E-state index contributed by atoms with van der Waals surface area (Å²) in [6.07, 6.45) is 0.687. The van der Waals surface area contributed by atoms with E-state index in [2.05, 4.69) is 33.4 Å². The van der Waals surface area contributed by atoms with Crippen LogP contribution in [0, 0.1) is 0 Å². The number of amides is 3. The van der Waals surface area contributed by atoms with E-state index in [4.69, 9.17) is 11.6 Å². The monoisotopic (exact) mass is 442 g/mol. The SMILES string of the molecule is CC(=O)Nc1ccc(Cl)cc1CNC(=O)[C@H](C)NC(=O)[C@H]1C[C@H](c2ccccc2)CN1. The number of benzene rings is 2. The maximum absolute atomic E-state index is 12.6. The van der Waals surface area contributed by atoms with E-state index in [9.17, 15) is 14.4 Å². The summed E-state index contributed by atoms with van der Waals surface area (Å²) >= 11 is 6.04. The van der Waals surface area contributed by atoms with Gasteiger partial charge in [-0.1, -0.05) is 41.9 Å². The summed E-state index contributed by atoms with van der Waals surface area (Å²) < 4.78 is 0. The Bertz CT molecular complexity index is 951. The first-order chi connectivity index (χ1) is 14.8. The number of nitrogens with one attached hydrogen (secondary N) is 4. The zero-order valence-corrected chi connectivity index (χ0v) is 18.3. The molecule has 164 valence electrons. The predicted octanol–water partition coefficient (Wildman–Crippen LogP) is 2.56. The van der Waals surface area contributed by atoms with E-state index in [-0.39, 0.29) is 36.2 Å². The van der Waals surface area contributed by atoms with Crippen molar-refractivity contribution in [3.8, 4) is 0 Å². The van der Waals surface area contributed by atoms with Gasteiger partial charge in [-0.25, -0.2) is 0 Å². The molecule has 31 heavy (non-hydrogen) atoms. The Labute approximate surface area is 186 Å². The van der Waals surface area contributed by atoms with Gasteiger partial charge in [-0.05, 0) is 48.6 Å². The highest BCUT2D eigenvalue weighted by atomic mass is 35.5. The Morgan fingerprint density at radius 2 is 1.90 bits per heavy atom. The molecule has 3 rings (SSSR count). The molecule has 2 aromatic rings. The highest BCUT2D eigenvalue weighted by Gasteiger charge is 2.31. The van der Waals surface area contributed by atoms with Crippen LogP contribution in [0.25, 0.3) is 0 Å². The minimum Gasteiger partial charge on any atom is -0.350 e. The first kappa shape index (κ1) is 22.8. The molecule has 1 aliphatic rings. The van der Waals surface area contributed by atoms with Crippen molar-refractivity contribution in [1.82, 2.24) is 16.0 Å². The molecule has 0 saturated carbocycles. The van der Waals surface area contributed by atoms with Crippen LogP contribution in [0.15, 0.2) is 48.5 Å². The minimum absolute atomic E-state index is 0.174. The Hall–Kier alpha value is -2.90. The van der Waals surface area contributed by atoms with Gasteiger partial charge in [0.1, 0.15) is 6.04 Å². The van der Waals surface area contributed by atoms with Crippen molar-refractivity contribution in [3.63, 3.8) is 0 Å². The lowest BCUT2D eigenvalue weighted by Gasteiger charge is -2.18. The Balaban J connectivity index is 1.51. The molecule has 3 amide bonds. The molecule has 0 unspecified atom stereocenters. The Morgan fingerprint density at radius 1 is 1.16 bits per heavy atom. The Kier molecular flexibility index (Phi) is 7.65. The average molecular weight is 443 g/mol.